The molecule has 5 heteroatoms. The van der Waals surface area contributed by atoms with Crippen molar-refractivity contribution in [3.05, 3.63) is 24.2 Å². The molecule has 0 aliphatic carbocycles. The smallest absolute Gasteiger partial charge is 0.236 e. The maximum absolute atomic E-state index is 12.1. The van der Waals surface area contributed by atoms with Gasteiger partial charge in [0.15, 0.2) is 0 Å². The molecular formula is C12H18N2O2S. The Hall–Kier alpha value is -0.940. The number of carbonyl (C=O) groups is 1. The van der Waals surface area contributed by atoms with Crippen molar-refractivity contribution in [2.75, 3.05) is 27.2 Å². The number of nitrogens with zero attached hydrogens (tertiary/aromatic N) is 2. The second-order valence-corrected chi connectivity index (χ2v) is 5.91. The van der Waals surface area contributed by atoms with E-state index < -0.39 is 0 Å². The van der Waals surface area contributed by atoms with E-state index in [1.54, 1.807) is 18.0 Å². The Kier molecular flexibility index (Phi) is 3.79. The highest BCUT2D eigenvalue weighted by Gasteiger charge is 2.39. The van der Waals surface area contributed by atoms with Crippen LogP contribution < -0.4 is 0 Å². The lowest BCUT2D eigenvalue weighted by Gasteiger charge is -2.23. The van der Waals surface area contributed by atoms with E-state index in [2.05, 4.69) is 4.90 Å². The largest absolute Gasteiger partial charge is 0.466 e. The van der Waals surface area contributed by atoms with Gasteiger partial charge in [-0.3, -0.25) is 4.79 Å². The standard InChI is InChI=1S/C12H18N2O2S/c1-9-11(15)14(7-6-13(2)3)12(17-9)10-5-4-8-16-10/h4-5,8-9,12H,6-7H2,1-3H3/t9-,12+/m0/s1. The summed E-state index contributed by atoms with van der Waals surface area (Å²) in [5, 5.41) is 0.0553. The zero-order valence-corrected chi connectivity index (χ0v) is 11.2. The normalized spacial score (nSPS) is 24.9. The highest BCUT2D eigenvalue weighted by atomic mass is 32.2. The number of likely N-dealkylation sites (N-methyl/N-ethyl adjacent to an activating group) is 1. The molecule has 1 aliphatic heterocycles. The summed E-state index contributed by atoms with van der Waals surface area (Å²) in [4.78, 5) is 16.1. The maximum Gasteiger partial charge on any atom is 0.236 e. The highest BCUT2D eigenvalue weighted by molar-refractivity contribution is 8.01. The van der Waals surface area contributed by atoms with Gasteiger partial charge in [0.2, 0.25) is 5.91 Å². The summed E-state index contributed by atoms with van der Waals surface area (Å²) in [6.45, 7) is 3.57. The van der Waals surface area contributed by atoms with Crippen LogP contribution in [0.1, 0.15) is 18.1 Å². The molecule has 0 spiro atoms. The Bertz CT molecular complexity index is 378. The second-order valence-electron chi connectivity index (χ2n) is 4.48. The van der Waals surface area contributed by atoms with E-state index in [1.807, 2.05) is 38.1 Å². The van der Waals surface area contributed by atoms with Crippen molar-refractivity contribution in [3.8, 4) is 0 Å². The molecule has 0 unspecified atom stereocenters. The van der Waals surface area contributed by atoms with Gasteiger partial charge in [0.05, 0.1) is 11.5 Å². The molecule has 0 radical (unpaired) electrons. The van der Waals surface area contributed by atoms with E-state index in [9.17, 15) is 4.79 Å². The third-order valence-corrected chi connectivity index (χ3v) is 4.18. The lowest BCUT2D eigenvalue weighted by Crippen LogP contribution is -2.35. The van der Waals surface area contributed by atoms with Gasteiger partial charge in [-0.1, -0.05) is 0 Å². The van der Waals surface area contributed by atoms with Crippen LogP contribution in [0.3, 0.4) is 0 Å². The Morgan fingerprint density at radius 3 is 2.88 bits per heavy atom. The molecule has 1 fully saturated rings. The van der Waals surface area contributed by atoms with Gasteiger partial charge in [-0.05, 0) is 33.2 Å². The number of amides is 1. The SMILES string of the molecule is C[C@@H]1S[C@H](c2ccco2)N(CCN(C)C)C1=O. The minimum Gasteiger partial charge on any atom is -0.466 e. The van der Waals surface area contributed by atoms with Gasteiger partial charge in [-0.15, -0.1) is 11.8 Å². The first-order valence-electron chi connectivity index (χ1n) is 5.73. The van der Waals surface area contributed by atoms with E-state index in [0.29, 0.717) is 0 Å². The fourth-order valence-electron chi connectivity index (χ4n) is 1.86. The summed E-state index contributed by atoms with van der Waals surface area (Å²) in [7, 11) is 4.03. The average Bonchev–Trinajstić information content (AvgIpc) is 2.87. The monoisotopic (exact) mass is 254 g/mol. The van der Waals surface area contributed by atoms with Gasteiger partial charge >= 0.3 is 0 Å². The predicted molar refractivity (Wildman–Crippen MR) is 68.8 cm³/mol. The summed E-state index contributed by atoms with van der Waals surface area (Å²) in [6.07, 6.45) is 1.66. The molecule has 1 aliphatic rings. The van der Waals surface area contributed by atoms with Gasteiger partial charge in [-0.2, -0.15) is 0 Å². The molecule has 0 aromatic carbocycles. The lowest BCUT2D eigenvalue weighted by atomic mass is 10.3. The summed E-state index contributed by atoms with van der Waals surface area (Å²) in [6, 6.07) is 3.80. The van der Waals surface area contributed by atoms with Crippen LogP contribution in [0.2, 0.25) is 0 Å². The molecule has 2 atom stereocenters. The Labute approximate surface area is 106 Å². The van der Waals surface area contributed by atoms with Crippen molar-refractivity contribution in [3.63, 3.8) is 0 Å². The van der Waals surface area contributed by atoms with Crippen LogP contribution in [0.25, 0.3) is 0 Å². The van der Waals surface area contributed by atoms with Gasteiger partial charge in [0.25, 0.3) is 0 Å². The molecule has 0 N–H and O–H groups in total. The molecule has 2 heterocycles. The van der Waals surface area contributed by atoms with Crippen molar-refractivity contribution in [2.45, 2.75) is 17.5 Å². The molecule has 1 saturated heterocycles. The molecule has 0 bridgehead atoms. The van der Waals surface area contributed by atoms with Crippen LogP contribution in [0, 0.1) is 0 Å². The molecule has 1 aromatic rings. The number of carbonyl (C=O) groups excluding carboxylic acids is 1. The molecule has 1 amide bonds. The van der Waals surface area contributed by atoms with Gasteiger partial charge in [-0.25, -0.2) is 0 Å². The molecule has 0 saturated carbocycles. The predicted octanol–water partition coefficient (Wildman–Crippen LogP) is 1.80. The Morgan fingerprint density at radius 1 is 1.53 bits per heavy atom. The van der Waals surface area contributed by atoms with Gasteiger partial charge in [0.1, 0.15) is 11.1 Å². The molecule has 4 nitrogen and oxygen atoms in total. The summed E-state index contributed by atoms with van der Waals surface area (Å²) in [5.41, 5.74) is 0. The number of rotatable bonds is 4. The molecule has 94 valence electrons. The van der Waals surface area contributed by atoms with Gasteiger partial charge in [0, 0.05) is 13.1 Å². The summed E-state index contributed by atoms with van der Waals surface area (Å²) in [5.74, 6) is 1.07. The quantitative estimate of drug-likeness (QED) is 0.821. The van der Waals surface area contributed by atoms with Crippen molar-refractivity contribution < 1.29 is 9.21 Å². The van der Waals surface area contributed by atoms with Crippen LogP contribution in [-0.4, -0.2) is 48.1 Å². The molecule has 2 rings (SSSR count). The first kappa shape index (κ1) is 12.5. The first-order chi connectivity index (χ1) is 8.09. The number of hydrogen-bond donors (Lipinski definition) is 0. The van der Waals surface area contributed by atoms with E-state index in [0.717, 1.165) is 18.8 Å². The fourth-order valence-corrected chi connectivity index (χ4v) is 3.12. The van der Waals surface area contributed by atoms with Crippen LogP contribution >= 0.6 is 11.8 Å². The van der Waals surface area contributed by atoms with E-state index >= 15 is 0 Å². The number of thioether (sulfide) groups is 1. The summed E-state index contributed by atoms with van der Waals surface area (Å²) >= 11 is 1.66. The van der Waals surface area contributed by atoms with Crippen LogP contribution in [0.5, 0.6) is 0 Å². The van der Waals surface area contributed by atoms with Crippen LogP contribution in [0.4, 0.5) is 0 Å². The minimum atomic E-state index is 0.0206. The van der Waals surface area contributed by atoms with E-state index in [4.69, 9.17) is 4.42 Å². The number of furan rings is 1. The zero-order valence-electron chi connectivity index (χ0n) is 10.4. The van der Waals surface area contributed by atoms with E-state index in [1.165, 1.54) is 0 Å². The second kappa shape index (κ2) is 5.14. The number of hydrogen-bond acceptors (Lipinski definition) is 4. The van der Waals surface area contributed by atoms with E-state index in [-0.39, 0.29) is 16.5 Å². The zero-order chi connectivity index (χ0) is 12.4. The van der Waals surface area contributed by atoms with Crippen molar-refractivity contribution in [1.82, 2.24) is 9.80 Å². The fraction of sp³-hybridized carbons (Fsp3) is 0.583. The van der Waals surface area contributed by atoms with Crippen molar-refractivity contribution in [1.29, 1.82) is 0 Å². The Morgan fingerprint density at radius 2 is 2.29 bits per heavy atom. The lowest BCUT2D eigenvalue weighted by molar-refractivity contribution is -0.130. The highest BCUT2D eigenvalue weighted by Crippen LogP contribution is 2.42. The average molecular weight is 254 g/mol. The first-order valence-corrected chi connectivity index (χ1v) is 6.68. The maximum atomic E-state index is 12.1. The topological polar surface area (TPSA) is 36.7 Å². The molecule has 1 aromatic heterocycles. The Balaban J connectivity index is 2.11. The summed E-state index contributed by atoms with van der Waals surface area (Å²) < 4.78 is 5.42. The van der Waals surface area contributed by atoms with Gasteiger partial charge < -0.3 is 14.2 Å². The minimum absolute atomic E-state index is 0.0206. The van der Waals surface area contributed by atoms with Crippen molar-refractivity contribution >= 4 is 17.7 Å². The molecular weight excluding hydrogens is 236 g/mol. The van der Waals surface area contributed by atoms with Crippen molar-refractivity contribution in [2.24, 2.45) is 0 Å². The third kappa shape index (κ3) is 2.66. The van der Waals surface area contributed by atoms with Crippen LogP contribution in [0.15, 0.2) is 22.8 Å². The molecule has 17 heavy (non-hydrogen) atoms. The van der Waals surface area contributed by atoms with Crippen LogP contribution in [-0.2, 0) is 4.79 Å². The third-order valence-electron chi connectivity index (χ3n) is 2.82.